The monoisotopic (exact) mass is 282 g/mol. The molecule has 0 bridgehead atoms. The first-order chi connectivity index (χ1) is 8.83. The molecule has 0 aromatic rings. The molecule has 0 aromatic carbocycles. The largest absolute Gasteiger partial charge is 0.440 e. The van der Waals surface area contributed by atoms with E-state index in [2.05, 4.69) is 16.6 Å². The number of hydrogen-bond donors (Lipinski definition) is 0. The van der Waals surface area contributed by atoms with E-state index in [1.54, 1.807) is 0 Å². The maximum atomic E-state index is 12.0. The zero-order chi connectivity index (χ0) is 14.5. The van der Waals surface area contributed by atoms with Gasteiger partial charge in [-0.2, -0.15) is 13.2 Å². The average Bonchev–Trinajstić information content (AvgIpc) is 2.35. The van der Waals surface area contributed by atoms with Gasteiger partial charge in [-0.3, -0.25) is 0 Å². The van der Waals surface area contributed by atoms with Gasteiger partial charge in [0.25, 0.3) is 0 Å². The van der Waals surface area contributed by atoms with Crippen molar-refractivity contribution in [3.05, 3.63) is 0 Å². The van der Waals surface area contributed by atoms with Crippen molar-refractivity contribution in [1.82, 2.24) is 9.80 Å². The number of likely N-dealkylation sites (tertiary alicyclic amines) is 1. The highest BCUT2D eigenvalue weighted by Gasteiger charge is 2.32. The fourth-order valence-electron chi connectivity index (χ4n) is 2.24. The highest BCUT2D eigenvalue weighted by Crippen LogP contribution is 2.18. The standard InChI is InChI=1S/C12H21F3N2O2/c1-3-6-17-7-4-10(5-8-17)16(2)11(18)19-9-12(13,14)15/h10H,3-9H2,1-2H3. The Hall–Kier alpha value is -0.980. The molecule has 0 aliphatic carbocycles. The van der Waals surface area contributed by atoms with Crippen molar-refractivity contribution in [2.45, 2.75) is 38.4 Å². The Morgan fingerprint density at radius 1 is 1.37 bits per heavy atom. The third-order valence-electron chi connectivity index (χ3n) is 3.29. The zero-order valence-electron chi connectivity index (χ0n) is 11.4. The SMILES string of the molecule is CCCN1CCC(N(C)C(=O)OCC(F)(F)F)CC1. The van der Waals surface area contributed by atoms with Crippen molar-refractivity contribution in [3.8, 4) is 0 Å². The van der Waals surface area contributed by atoms with E-state index in [1.807, 2.05) is 0 Å². The van der Waals surface area contributed by atoms with Crippen molar-refractivity contribution in [1.29, 1.82) is 0 Å². The molecule has 0 unspecified atom stereocenters. The van der Waals surface area contributed by atoms with Gasteiger partial charge in [0.15, 0.2) is 6.61 Å². The molecule has 0 spiro atoms. The van der Waals surface area contributed by atoms with Gasteiger partial charge in [0.05, 0.1) is 0 Å². The number of nitrogens with zero attached hydrogens (tertiary/aromatic N) is 2. The van der Waals surface area contributed by atoms with Crippen LogP contribution in [0, 0.1) is 0 Å². The first-order valence-corrected chi connectivity index (χ1v) is 6.52. The molecule has 0 radical (unpaired) electrons. The predicted octanol–water partition coefficient (Wildman–Crippen LogP) is 2.49. The lowest BCUT2D eigenvalue weighted by Crippen LogP contribution is -2.46. The smallest absolute Gasteiger partial charge is 0.422 e. The van der Waals surface area contributed by atoms with E-state index < -0.39 is 18.9 Å². The minimum atomic E-state index is -4.47. The molecule has 1 amide bonds. The van der Waals surface area contributed by atoms with E-state index in [-0.39, 0.29) is 6.04 Å². The minimum Gasteiger partial charge on any atom is -0.440 e. The summed E-state index contributed by atoms with van der Waals surface area (Å²) in [5.41, 5.74) is 0. The van der Waals surface area contributed by atoms with Gasteiger partial charge in [-0.05, 0) is 25.8 Å². The van der Waals surface area contributed by atoms with E-state index in [9.17, 15) is 18.0 Å². The second-order valence-corrected chi connectivity index (χ2v) is 4.85. The second-order valence-electron chi connectivity index (χ2n) is 4.85. The quantitative estimate of drug-likeness (QED) is 0.794. The van der Waals surface area contributed by atoms with Gasteiger partial charge in [-0.15, -0.1) is 0 Å². The van der Waals surface area contributed by atoms with Gasteiger partial charge >= 0.3 is 12.3 Å². The molecule has 1 aliphatic heterocycles. The summed E-state index contributed by atoms with van der Waals surface area (Å²) in [6, 6.07) is -0.0335. The summed E-state index contributed by atoms with van der Waals surface area (Å²) < 4.78 is 40.1. The fourth-order valence-corrected chi connectivity index (χ4v) is 2.24. The summed E-state index contributed by atoms with van der Waals surface area (Å²) in [6.07, 6.45) is -2.74. The average molecular weight is 282 g/mol. The second kappa shape index (κ2) is 6.98. The normalized spacial score (nSPS) is 18.4. The van der Waals surface area contributed by atoms with E-state index in [0.717, 1.165) is 38.9 Å². The van der Waals surface area contributed by atoms with Crippen LogP contribution in [0.3, 0.4) is 0 Å². The number of rotatable bonds is 4. The van der Waals surface area contributed by atoms with Crippen LogP contribution in [0.2, 0.25) is 0 Å². The molecule has 112 valence electrons. The van der Waals surface area contributed by atoms with Gasteiger partial charge < -0.3 is 14.5 Å². The summed E-state index contributed by atoms with van der Waals surface area (Å²) in [4.78, 5) is 15.1. The van der Waals surface area contributed by atoms with Crippen molar-refractivity contribution < 1.29 is 22.7 Å². The fraction of sp³-hybridized carbons (Fsp3) is 0.917. The van der Waals surface area contributed by atoms with Gasteiger partial charge in [-0.1, -0.05) is 6.92 Å². The summed E-state index contributed by atoms with van der Waals surface area (Å²) in [5, 5.41) is 0. The van der Waals surface area contributed by atoms with Crippen molar-refractivity contribution >= 4 is 6.09 Å². The topological polar surface area (TPSA) is 32.8 Å². The van der Waals surface area contributed by atoms with E-state index in [4.69, 9.17) is 0 Å². The van der Waals surface area contributed by atoms with Gasteiger partial charge in [0, 0.05) is 26.2 Å². The number of piperidine rings is 1. The highest BCUT2D eigenvalue weighted by atomic mass is 19.4. The van der Waals surface area contributed by atoms with E-state index in [0.29, 0.717) is 0 Å². The molecule has 1 fully saturated rings. The molecule has 19 heavy (non-hydrogen) atoms. The summed E-state index contributed by atoms with van der Waals surface area (Å²) in [5.74, 6) is 0. The number of carbonyl (C=O) groups is 1. The van der Waals surface area contributed by atoms with Crippen LogP contribution in [0.1, 0.15) is 26.2 Å². The molecule has 0 N–H and O–H groups in total. The number of carbonyl (C=O) groups excluding carboxylic acids is 1. The Labute approximate surface area is 111 Å². The number of amides is 1. The third-order valence-corrected chi connectivity index (χ3v) is 3.29. The molecule has 7 heteroatoms. The lowest BCUT2D eigenvalue weighted by molar-refractivity contribution is -0.162. The molecule has 0 aromatic heterocycles. The zero-order valence-corrected chi connectivity index (χ0v) is 11.4. The minimum absolute atomic E-state index is 0.0335. The Kier molecular flexibility index (Phi) is 5.90. The number of halogens is 3. The lowest BCUT2D eigenvalue weighted by Gasteiger charge is -2.36. The maximum Gasteiger partial charge on any atom is 0.422 e. The summed E-state index contributed by atoms with van der Waals surface area (Å²) >= 11 is 0. The van der Waals surface area contributed by atoms with Crippen LogP contribution in [0.5, 0.6) is 0 Å². The Bertz CT molecular complexity index is 289. The molecule has 0 atom stereocenters. The van der Waals surface area contributed by atoms with Crippen molar-refractivity contribution in [2.24, 2.45) is 0 Å². The van der Waals surface area contributed by atoms with E-state index >= 15 is 0 Å². The number of ether oxygens (including phenoxy) is 1. The van der Waals surface area contributed by atoms with Crippen LogP contribution in [-0.2, 0) is 4.74 Å². The molecular formula is C12H21F3N2O2. The van der Waals surface area contributed by atoms with Gasteiger partial charge in [0.1, 0.15) is 0 Å². The van der Waals surface area contributed by atoms with Crippen molar-refractivity contribution in [3.63, 3.8) is 0 Å². The molecular weight excluding hydrogens is 261 g/mol. The third kappa shape index (κ3) is 5.67. The molecule has 1 heterocycles. The molecule has 4 nitrogen and oxygen atoms in total. The molecule has 1 aliphatic rings. The van der Waals surface area contributed by atoms with Crippen LogP contribution in [0.4, 0.5) is 18.0 Å². The molecule has 0 saturated carbocycles. The molecule has 1 saturated heterocycles. The van der Waals surface area contributed by atoms with Crippen LogP contribution in [0.15, 0.2) is 0 Å². The van der Waals surface area contributed by atoms with Crippen LogP contribution >= 0.6 is 0 Å². The summed E-state index contributed by atoms with van der Waals surface area (Å²) in [6.45, 7) is 3.34. The van der Waals surface area contributed by atoms with Crippen LogP contribution in [-0.4, -0.2) is 61.4 Å². The number of hydrogen-bond acceptors (Lipinski definition) is 3. The lowest BCUT2D eigenvalue weighted by atomic mass is 10.0. The van der Waals surface area contributed by atoms with Gasteiger partial charge in [-0.25, -0.2) is 4.79 Å². The van der Waals surface area contributed by atoms with E-state index in [1.165, 1.54) is 11.9 Å². The van der Waals surface area contributed by atoms with Gasteiger partial charge in [0.2, 0.25) is 0 Å². The first-order valence-electron chi connectivity index (χ1n) is 6.52. The number of alkyl halides is 3. The Morgan fingerprint density at radius 2 is 1.95 bits per heavy atom. The predicted molar refractivity (Wildman–Crippen MR) is 64.9 cm³/mol. The van der Waals surface area contributed by atoms with Crippen LogP contribution in [0.25, 0.3) is 0 Å². The molecule has 1 rings (SSSR count). The Morgan fingerprint density at radius 3 is 2.42 bits per heavy atom. The highest BCUT2D eigenvalue weighted by molar-refractivity contribution is 5.67. The Balaban J connectivity index is 2.34. The summed E-state index contributed by atoms with van der Waals surface area (Å²) in [7, 11) is 1.50. The van der Waals surface area contributed by atoms with Crippen LogP contribution < -0.4 is 0 Å². The first kappa shape index (κ1) is 16.1. The maximum absolute atomic E-state index is 12.0. The van der Waals surface area contributed by atoms with Crippen molar-refractivity contribution in [2.75, 3.05) is 33.3 Å².